The Morgan fingerprint density at radius 2 is 0.820 bits per heavy atom. The predicted molar refractivity (Wildman–Crippen MR) is 212 cm³/mol. The molecule has 7 aromatic carbocycles. The Bertz CT molecular complexity index is 2310. The molecule has 0 aliphatic heterocycles. The predicted octanol–water partition coefficient (Wildman–Crippen LogP) is 13.4. The fourth-order valence-electron chi connectivity index (χ4n) is 8.64. The van der Waals surface area contributed by atoms with Gasteiger partial charge in [-0.3, -0.25) is 0 Å². The molecule has 7 aromatic rings. The van der Waals surface area contributed by atoms with Crippen molar-refractivity contribution in [3.05, 3.63) is 186 Å². The van der Waals surface area contributed by atoms with E-state index in [0.29, 0.717) is 0 Å². The van der Waals surface area contributed by atoms with Gasteiger partial charge in [-0.1, -0.05) is 137 Å². The van der Waals surface area contributed by atoms with Gasteiger partial charge in [-0.05, 0) is 128 Å². The molecule has 1 heteroatoms. The van der Waals surface area contributed by atoms with Crippen molar-refractivity contribution in [1.29, 1.82) is 0 Å². The summed E-state index contributed by atoms with van der Waals surface area (Å²) in [6.07, 6.45) is 0. The van der Waals surface area contributed by atoms with Crippen molar-refractivity contribution in [2.75, 3.05) is 4.90 Å². The minimum atomic E-state index is -0.148. The highest BCUT2D eigenvalue weighted by Gasteiger charge is 2.42. The quantitative estimate of drug-likeness (QED) is 0.180. The Labute approximate surface area is 296 Å². The van der Waals surface area contributed by atoms with Crippen LogP contribution in [0.15, 0.2) is 158 Å². The molecule has 50 heavy (non-hydrogen) atoms. The normalized spacial score (nSPS) is 14.4. The molecule has 0 bridgehead atoms. The maximum atomic E-state index is 2.52. The summed E-state index contributed by atoms with van der Waals surface area (Å²) in [6, 6.07) is 58.2. The van der Waals surface area contributed by atoms with Gasteiger partial charge in [0.15, 0.2) is 0 Å². The van der Waals surface area contributed by atoms with Crippen molar-refractivity contribution in [3.8, 4) is 44.5 Å². The van der Waals surface area contributed by atoms with Crippen molar-refractivity contribution in [2.45, 2.75) is 45.4 Å². The summed E-state index contributed by atoms with van der Waals surface area (Å²) in [7, 11) is 0. The molecule has 0 radical (unpaired) electrons. The monoisotopic (exact) mass is 643 g/mol. The SMILES string of the molecule is Cc1cccc2c1-c1cc3c(cc1C2(C)C)-c1ccc(N(c2ccc(-c4ccccc4)cc2)c2ccc(-c4ccccc4)cc2)cc1C3(C)C. The van der Waals surface area contributed by atoms with Crippen LogP contribution in [0.25, 0.3) is 44.5 Å². The lowest BCUT2D eigenvalue weighted by atomic mass is 9.79. The standard InChI is InChI=1S/C49H41N/c1-32-13-12-18-43-47(32)42-31-45-41(30-46(42)48(43,2)3)40-28-27-39(29-44(40)49(45,4)5)50(37-23-19-35(20-24-37)33-14-8-6-9-15-33)38-25-21-36(22-26-38)34-16-10-7-11-17-34/h6-31H,1-5H3. The highest BCUT2D eigenvalue weighted by atomic mass is 15.1. The van der Waals surface area contributed by atoms with Crippen LogP contribution in [-0.4, -0.2) is 0 Å². The number of rotatable bonds is 5. The van der Waals surface area contributed by atoms with Crippen LogP contribution in [0.5, 0.6) is 0 Å². The first-order valence-electron chi connectivity index (χ1n) is 17.8. The zero-order chi connectivity index (χ0) is 34.2. The fraction of sp³-hybridized carbons (Fsp3) is 0.143. The topological polar surface area (TPSA) is 3.24 Å². The summed E-state index contributed by atoms with van der Waals surface area (Å²) < 4.78 is 0. The second-order valence-corrected chi connectivity index (χ2v) is 15.1. The molecule has 0 atom stereocenters. The summed E-state index contributed by atoms with van der Waals surface area (Å²) in [5.41, 5.74) is 20.7. The van der Waals surface area contributed by atoms with Gasteiger partial charge < -0.3 is 4.90 Å². The largest absolute Gasteiger partial charge is 0.310 e. The van der Waals surface area contributed by atoms with Crippen LogP contribution >= 0.6 is 0 Å². The second kappa shape index (κ2) is 11.2. The molecule has 2 aliphatic carbocycles. The first-order chi connectivity index (χ1) is 24.2. The Hall–Kier alpha value is -5.66. The number of fused-ring (bicyclic) bond motifs is 6. The van der Waals surface area contributed by atoms with Gasteiger partial charge in [0, 0.05) is 27.9 Å². The highest BCUT2D eigenvalue weighted by Crippen LogP contribution is 2.57. The van der Waals surface area contributed by atoms with Crippen molar-refractivity contribution in [2.24, 2.45) is 0 Å². The Morgan fingerprint density at radius 1 is 0.360 bits per heavy atom. The minimum Gasteiger partial charge on any atom is -0.310 e. The summed E-state index contributed by atoms with van der Waals surface area (Å²) >= 11 is 0. The molecule has 0 saturated heterocycles. The van der Waals surface area contributed by atoms with Crippen LogP contribution in [0.2, 0.25) is 0 Å². The molecule has 0 fully saturated rings. The van der Waals surface area contributed by atoms with Crippen molar-refractivity contribution in [3.63, 3.8) is 0 Å². The third-order valence-corrected chi connectivity index (χ3v) is 11.4. The lowest BCUT2D eigenvalue weighted by Crippen LogP contribution is -2.17. The van der Waals surface area contributed by atoms with Crippen LogP contribution in [0, 0.1) is 6.92 Å². The number of anilines is 3. The van der Waals surface area contributed by atoms with E-state index in [1.165, 1.54) is 78.0 Å². The summed E-state index contributed by atoms with van der Waals surface area (Å²) in [4.78, 5) is 2.41. The maximum Gasteiger partial charge on any atom is 0.0465 e. The molecular formula is C49H41N. The third-order valence-electron chi connectivity index (χ3n) is 11.4. The van der Waals surface area contributed by atoms with Gasteiger partial charge in [0.1, 0.15) is 0 Å². The van der Waals surface area contributed by atoms with Crippen LogP contribution in [0.3, 0.4) is 0 Å². The Balaban J connectivity index is 1.17. The van der Waals surface area contributed by atoms with Gasteiger partial charge in [0.2, 0.25) is 0 Å². The molecule has 0 heterocycles. The van der Waals surface area contributed by atoms with Gasteiger partial charge >= 0.3 is 0 Å². The molecule has 0 amide bonds. The first kappa shape index (κ1) is 30.4. The van der Waals surface area contributed by atoms with Crippen molar-refractivity contribution in [1.82, 2.24) is 0 Å². The molecule has 242 valence electrons. The fourth-order valence-corrected chi connectivity index (χ4v) is 8.64. The Kier molecular flexibility index (Phi) is 6.80. The van der Waals surface area contributed by atoms with Gasteiger partial charge in [0.25, 0.3) is 0 Å². The van der Waals surface area contributed by atoms with Gasteiger partial charge in [0.05, 0.1) is 0 Å². The van der Waals surface area contributed by atoms with E-state index in [2.05, 4.69) is 197 Å². The zero-order valence-electron chi connectivity index (χ0n) is 29.5. The minimum absolute atomic E-state index is 0.0345. The second-order valence-electron chi connectivity index (χ2n) is 15.1. The molecule has 1 nitrogen and oxygen atoms in total. The molecule has 0 unspecified atom stereocenters. The number of benzene rings is 7. The van der Waals surface area contributed by atoms with E-state index in [0.717, 1.165) is 11.4 Å². The molecule has 9 rings (SSSR count). The molecular weight excluding hydrogens is 603 g/mol. The zero-order valence-corrected chi connectivity index (χ0v) is 29.5. The van der Waals surface area contributed by atoms with E-state index in [1.54, 1.807) is 0 Å². The Morgan fingerprint density at radius 3 is 1.40 bits per heavy atom. The number of hydrogen-bond acceptors (Lipinski definition) is 1. The van der Waals surface area contributed by atoms with E-state index in [1.807, 2.05) is 0 Å². The average molecular weight is 644 g/mol. The molecule has 0 N–H and O–H groups in total. The molecule has 0 aromatic heterocycles. The van der Waals surface area contributed by atoms with Crippen LogP contribution in [0.4, 0.5) is 17.1 Å². The highest BCUT2D eigenvalue weighted by molar-refractivity contribution is 5.92. The molecule has 0 saturated carbocycles. The number of aryl methyl sites for hydroxylation is 1. The van der Waals surface area contributed by atoms with E-state index < -0.39 is 0 Å². The van der Waals surface area contributed by atoms with Gasteiger partial charge in [-0.15, -0.1) is 0 Å². The van der Waals surface area contributed by atoms with Crippen LogP contribution in [0.1, 0.15) is 55.5 Å². The van der Waals surface area contributed by atoms with E-state index in [-0.39, 0.29) is 10.8 Å². The molecule has 2 aliphatic rings. The van der Waals surface area contributed by atoms with E-state index in [4.69, 9.17) is 0 Å². The first-order valence-corrected chi connectivity index (χ1v) is 17.8. The van der Waals surface area contributed by atoms with Gasteiger partial charge in [-0.25, -0.2) is 0 Å². The smallest absolute Gasteiger partial charge is 0.0465 e. The third kappa shape index (κ3) is 4.61. The summed E-state index contributed by atoms with van der Waals surface area (Å²) in [5.74, 6) is 0. The van der Waals surface area contributed by atoms with E-state index >= 15 is 0 Å². The van der Waals surface area contributed by atoms with Crippen molar-refractivity contribution >= 4 is 17.1 Å². The van der Waals surface area contributed by atoms with Crippen LogP contribution in [-0.2, 0) is 10.8 Å². The average Bonchev–Trinajstić information content (AvgIpc) is 3.51. The molecule has 0 spiro atoms. The van der Waals surface area contributed by atoms with Crippen LogP contribution < -0.4 is 4.90 Å². The number of nitrogens with zero attached hydrogens (tertiary/aromatic N) is 1. The van der Waals surface area contributed by atoms with E-state index in [9.17, 15) is 0 Å². The summed E-state index contributed by atoms with van der Waals surface area (Å²) in [5, 5.41) is 0. The maximum absolute atomic E-state index is 2.52. The van der Waals surface area contributed by atoms with Crippen molar-refractivity contribution < 1.29 is 0 Å². The lowest BCUT2D eigenvalue weighted by molar-refractivity contribution is 0.652. The lowest BCUT2D eigenvalue weighted by Gasteiger charge is -2.28. The number of hydrogen-bond donors (Lipinski definition) is 0. The summed E-state index contributed by atoms with van der Waals surface area (Å²) in [6.45, 7) is 11.8. The van der Waals surface area contributed by atoms with Gasteiger partial charge in [-0.2, -0.15) is 0 Å².